The Balaban J connectivity index is 2.04. The largest absolute Gasteiger partial charge is 0.494 e. The average Bonchev–Trinajstić information content (AvgIpc) is 2.98. The van der Waals surface area contributed by atoms with Gasteiger partial charge in [-0.15, -0.1) is 0 Å². The van der Waals surface area contributed by atoms with Gasteiger partial charge in [-0.05, 0) is 73.9 Å². The maximum atomic E-state index is 14.1. The molecule has 3 rings (SSSR count). The third kappa shape index (κ3) is 8.63. The molecule has 0 radical (unpaired) electrons. The Morgan fingerprint density at radius 3 is 2.21 bits per heavy atom. The number of ether oxygens (including phenoxy) is 1. The Hall–Kier alpha value is -3.27. The molecule has 0 aliphatic rings. The predicted octanol–water partition coefficient (Wildman–Crippen LogP) is 6.31. The van der Waals surface area contributed by atoms with Crippen LogP contribution < -0.4 is 14.4 Å². The Labute approximate surface area is 258 Å². The van der Waals surface area contributed by atoms with Gasteiger partial charge in [-0.3, -0.25) is 13.9 Å². The van der Waals surface area contributed by atoms with E-state index in [0.717, 1.165) is 17.1 Å². The molecule has 0 saturated carbocycles. The van der Waals surface area contributed by atoms with Crippen molar-refractivity contribution in [3.63, 3.8) is 0 Å². The van der Waals surface area contributed by atoms with E-state index < -0.39 is 28.5 Å². The first-order chi connectivity index (χ1) is 20.1. The van der Waals surface area contributed by atoms with Crippen molar-refractivity contribution in [1.29, 1.82) is 0 Å². The molecule has 2 amide bonds. The molecule has 0 saturated heterocycles. The normalized spacial score (nSPS) is 11.9. The number of hydrogen-bond donors (Lipinski definition) is 1. The van der Waals surface area contributed by atoms with Crippen molar-refractivity contribution < 1.29 is 22.7 Å². The Kier molecular flexibility index (Phi) is 12.5. The van der Waals surface area contributed by atoms with Gasteiger partial charge in [0.2, 0.25) is 11.8 Å². The molecule has 11 heteroatoms. The maximum absolute atomic E-state index is 14.1. The van der Waals surface area contributed by atoms with Crippen molar-refractivity contribution in [3.8, 4) is 5.75 Å². The fourth-order valence-electron chi connectivity index (χ4n) is 4.38. The average molecular weight is 635 g/mol. The molecule has 42 heavy (non-hydrogen) atoms. The second-order valence-electron chi connectivity index (χ2n) is 9.59. The first kappa shape index (κ1) is 33.2. The minimum atomic E-state index is -4.16. The van der Waals surface area contributed by atoms with Gasteiger partial charge in [-0.1, -0.05) is 67.7 Å². The third-order valence-electron chi connectivity index (χ3n) is 6.60. The first-order valence-corrected chi connectivity index (χ1v) is 16.1. The number of nitrogens with one attached hydrogen (secondary N) is 1. The molecule has 0 aromatic heterocycles. The number of nitrogens with zero attached hydrogens (tertiary/aromatic N) is 2. The number of anilines is 1. The molecular formula is C31H37Cl2N3O5S. The number of hydrogen-bond acceptors (Lipinski definition) is 5. The summed E-state index contributed by atoms with van der Waals surface area (Å²) in [5, 5.41) is 3.58. The van der Waals surface area contributed by atoms with Crippen molar-refractivity contribution >= 4 is 50.7 Å². The van der Waals surface area contributed by atoms with Gasteiger partial charge in [0.05, 0.1) is 27.2 Å². The molecule has 8 nitrogen and oxygen atoms in total. The SMILES string of the molecule is CCCCNC(=O)C(CC)N(Cc1ccc(Cl)c(Cl)c1)C(=O)CN(c1ccc(OCC)cc1)S(=O)(=O)c1ccccc1. The summed E-state index contributed by atoms with van der Waals surface area (Å²) in [6.45, 7) is 6.09. The number of amides is 2. The summed E-state index contributed by atoms with van der Waals surface area (Å²) in [6, 6.07) is 18.5. The second-order valence-corrected chi connectivity index (χ2v) is 12.3. The monoisotopic (exact) mass is 633 g/mol. The van der Waals surface area contributed by atoms with Crippen LogP contribution in [0.5, 0.6) is 5.75 Å². The molecule has 0 spiro atoms. The summed E-state index contributed by atoms with van der Waals surface area (Å²) in [5.74, 6) is -0.287. The summed E-state index contributed by atoms with van der Waals surface area (Å²) < 4.78 is 34.4. The number of unbranched alkanes of at least 4 members (excludes halogenated alkanes) is 1. The third-order valence-corrected chi connectivity index (χ3v) is 9.13. The van der Waals surface area contributed by atoms with Crippen LogP contribution in [0, 0.1) is 0 Å². The molecule has 226 valence electrons. The van der Waals surface area contributed by atoms with Gasteiger partial charge < -0.3 is 15.0 Å². The summed E-state index contributed by atoms with van der Waals surface area (Å²) >= 11 is 12.4. The van der Waals surface area contributed by atoms with Crippen molar-refractivity contribution in [3.05, 3.63) is 88.4 Å². The summed E-state index contributed by atoms with van der Waals surface area (Å²) in [4.78, 5) is 28.8. The van der Waals surface area contributed by atoms with E-state index in [-0.39, 0.29) is 23.0 Å². The highest BCUT2D eigenvalue weighted by Crippen LogP contribution is 2.28. The van der Waals surface area contributed by atoms with Crippen molar-refractivity contribution in [2.24, 2.45) is 0 Å². The second kappa shape index (κ2) is 15.8. The van der Waals surface area contributed by atoms with Gasteiger partial charge in [-0.2, -0.15) is 0 Å². The van der Waals surface area contributed by atoms with Crippen LogP contribution in [0.4, 0.5) is 5.69 Å². The molecule has 0 fully saturated rings. The Morgan fingerprint density at radius 2 is 1.62 bits per heavy atom. The number of halogens is 2. The van der Waals surface area contributed by atoms with E-state index in [1.807, 2.05) is 20.8 Å². The van der Waals surface area contributed by atoms with Crippen molar-refractivity contribution in [2.75, 3.05) is 24.0 Å². The van der Waals surface area contributed by atoms with Crippen molar-refractivity contribution in [1.82, 2.24) is 10.2 Å². The van der Waals surface area contributed by atoms with Crippen LogP contribution in [0.25, 0.3) is 0 Å². The van der Waals surface area contributed by atoms with Crippen molar-refractivity contribution in [2.45, 2.75) is 57.5 Å². The van der Waals surface area contributed by atoms with Crippen LogP contribution >= 0.6 is 23.2 Å². The molecule has 0 aliphatic carbocycles. The quantitative estimate of drug-likeness (QED) is 0.198. The Bertz CT molecular complexity index is 1440. The molecule has 1 N–H and O–H groups in total. The van der Waals surface area contributed by atoms with E-state index in [1.165, 1.54) is 17.0 Å². The lowest BCUT2D eigenvalue weighted by atomic mass is 10.1. The summed E-state index contributed by atoms with van der Waals surface area (Å²) in [7, 11) is -4.16. The highest BCUT2D eigenvalue weighted by molar-refractivity contribution is 7.92. The number of benzene rings is 3. The van der Waals surface area contributed by atoms with Gasteiger partial charge in [0, 0.05) is 13.1 Å². The lowest BCUT2D eigenvalue weighted by Crippen LogP contribution is -2.52. The molecule has 0 aliphatic heterocycles. The smallest absolute Gasteiger partial charge is 0.264 e. The van der Waals surface area contributed by atoms with Crippen LogP contribution in [-0.4, -0.2) is 50.9 Å². The molecule has 1 atom stereocenters. The zero-order chi connectivity index (χ0) is 30.7. The van der Waals surface area contributed by atoms with Crippen LogP contribution in [0.2, 0.25) is 10.0 Å². The molecule has 3 aromatic rings. The number of sulfonamides is 1. The fraction of sp³-hybridized carbons (Fsp3) is 0.355. The van der Waals surface area contributed by atoms with E-state index in [1.54, 1.807) is 60.7 Å². The predicted molar refractivity (Wildman–Crippen MR) is 168 cm³/mol. The number of carbonyl (C=O) groups excluding carboxylic acids is 2. The topological polar surface area (TPSA) is 96.0 Å². The molecule has 0 bridgehead atoms. The fourth-order valence-corrected chi connectivity index (χ4v) is 6.14. The van der Waals surface area contributed by atoms with Gasteiger partial charge >= 0.3 is 0 Å². The Morgan fingerprint density at radius 1 is 0.929 bits per heavy atom. The minimum Gasteiger partial charge on any atom is -0.494 e. The van der Waals surface area contributed by atoms with Crippen LogP contribution in [-0.2, 0) is 26.2 Å². The summed E-state index contributed by atoms with van der Waals surface area (Å²) in [6.07, 6.45) is 2.01. The maximum Gasteiger partial charge on any atom is 0.264 e. The zero-order valence-electron chi connectivity index (χ0n) is 24.1. The first-order valence-electron chi connectivity index (χ1n) is 13.9. The lowest BCUT2D eigenvalue weighted by Gasteiger charge is -2.33. The van der Waals surface area contributed by atoms with Gasteiger partial charge in [0.1, 0.15) is 18.3 Å². The standard InChI is InChI=1S/C31H37Cl2N3O5S/c1-4-7-19-34-31(38)29(5-2)35(21-23-13-18-27(32)28(33)20-23)30(37)22-36(24-14-16-25(17-15-24)41-6-3)42(39,40)26-11-9-8-10-12-26/h8-18,20,29H,4-7,19,21-22H2,1-3H3,(H,34,38). The minimum absolute atomic E-state index is 0.0257. The lowest BCUT2D eigenvalue weighted by molar-refractivity contribution is -0.140. The van der Waals surface area contributed by atoms with Crippen LogP contribution in [0.1, 0.15) is 45.6 Å². The van der Waals surface area contributed by atoms with E-state index in [9.17, 15) is 18.0 Å². The summed E-state index contributed by atoms with van der Waals surface area (Å²) in [5.41, 5.74) is 0.932. The molecular weight excluding hydrogens is 597 g/mol. The number of carbonyl (C=O) groups is 2. The van der Waals surface area contributed by atoms with Crippen LogP contribution in [0.15, 0.2) is 77.7 Å². The molecule has 3 aromatic carbocycles. The zero-order valence-corrected chi connectivity index (χ0v) is 26.4. The highest BCUT2D eigenvalue weighted by Gasteiger charge is 2.33. The van der Waals surface area contributed by atoms with E-state index in [0.29, 0.717) is 40.9 Å². The highest BCUT2D eigenvalue weighted by atomic mass is 35.5. The molecule has 0 heterocycles. The van der Waals surface area contributed by atoms with E-state index in [4.69, 9.17) is 27.9 Å². The number of rotatable bonds is 15. The van der Waals surface area contributed by atoms with Gasteiger partial charge in [0.15, 0.2) is 0 Å². The van der Waals surface area contributed by atoms with Gasteiger partial charge in [0.25, 0.3) is 10.0 Å². The van der Waals surface area contributed by atoms with Gasteiger partial charge in [-0.25, -0.2) is 8.42 Å². The van der Waals surface area contributed by atoms with E-state index >= 15 is 0 Å². The molecule has 1 unspecified atom stereocenters. The van der Waals surface area contributed by atoms with E-state index in [2.05, 4.69) is 5.32 Å². The van der Waals surface area contributed by atoms with Crippen LogP contribution in [0.3, 0.4) is 0 Å².